The largest absolute Gasteiger partial charge is 0.468 e. The van der Waals surface area contributed by atoms with Gasteiger partial charge in [0, 0.05) is 16.3 Å². The van der Waals surface area contributed by atoms with Crippen molar-refractivity contribution in [2.75, 3.05) is 7.11 Å². The Labute approximate surface area is 120 Å². The number of carbonyl (C=O) groups is 1. The van der Waals surface area contributed by atoms with Crippen LogP contribution in [0.4, 0.5) is 0 Å². The van der Waals surface area contributed by atoms with Gasteiger partial charge in [-0.05, 0) is 31.0 Å². The third-order valence-electron chi connectivity index (χ3n) is 3.42. The Morgan fingerprint density at radius 1 is 1.45 bits per heavy atom. The lowest BCUT2D eigenvalue weighted by atomic mass is 10.1. The van der Waals surface area contributed by atoms with Crippen LogP contribution >= 0.6 is 11.6 Å². The maximum Gasteiger partial charge on any atom is 0.327 e. The number of ether oxygens (including phenoxy) is 1. The summed E-state index contributed by atoms with van der Waals surface area (Å²) in [6.45, 7) is -0.173. The van der Waals surface area contributed by atoms with Gasteiger partial charge in [-0.1, -0.05) is 11.6 Å². The summed E-state index contributed by atoms with van der Waals surface area (Å²) in [5, 5.41) is 6.23. The number of methoxy groups -OCH3 is 1. The molecule has 1 fully saturated rings. The van der Waals surface area contributed by atoms with E-state index in [1.165, 1.54) is 11.8 Å². The van der Waals surface area contributed by atoms with Gasteiger partial charge < -0.3 is 4.74 Å². The van der Waals surface area contributed by atoms with Gasteiger partial charge in [0.15, 0.2) is 0 Å². The van der Waals surface area contributed by atoms with Crippen LogP contribution in [0.2, 0.25) is 5.02 Å². The summed E-state index contributed by atoms with van der Waals surface area (Å²) in [5.41, 5.74) is 0.539. The highest BCUT2D eigenvalue weighted by Gasteiger charge is 2.28. The zero-order valence-electron chi connectivity index (χ0n) is 10.9. The number of benzene rings is 1. The van der Waals surface area contributed by atoms with Gasteiger partial charge in [0.25, 0.3) is 5.56 Å². The van der Waals surface area contributed by atoms with Gasteiger partial charge >= 0.3 is 5.97 Å². The van der Waals surface area contributed by atoms with Crippen molar-refractivity contribution in [3.8, 4) is 0 Å². The highest BCUT2D eigenvalue weighted by molar-refractivity contribution is 6.31. The molecule has 5 nitrogen and oxygen atoms in total. The first-order chi connectivity index (χ1) is 9.60. The number of nitrogens with zero attached hydrogens (tertiary/aromatic N) is 2. The molecule has 6 heteroatoms. The lowest BCUT2D eigenvalue weighted by molar-refractivity contribution is -0.141. The van der Waals surface area contributed by atoms with Crippen molar-refractivity contribution in [1.82, 2.24) is 9.78 Å². The molecule has 1 aliphatic rings. The second-order valence-corrected chi connectivity index (χ2v) is 5.32. The van der Waals surface area contributed by atoms with E-state index in [1.54, 1.807) is 18.2 Å². The second-order valence-electron chi connectivity index (χ2n) is 4.89. The molecular formula is C14H13ClN2O3. The molecule has 0 aliphatic heterocycles. The van der Waals surface area contributed by atoms with Crippen LogP contribution < -0.4 is 5.56 Å². The molecule has 0 saturated heterocycles. The Morgan fingerprint density at radius 3 is 2.85 bits per heavy atom. The lowest BCUT2D eigenvalue weighted by Crippen LogP contribution is -2.28. The normalized spacial score (nSPS) is 14.5. The minimum Gasteiger partial charge on any atom is -0.468 e. The molecule has 0 unspecified atom stereocenters. The van der Waals surface area contributed by atoms with Crippen molar-refractivity contribution in [3.05, 3.63) is 39.3 Å². The van der Waals surface area contributed by atoms with Crippen molar-refractivity contribution in [1.29, 1.82) is 0 Å². The van der Waals surface area contributed by atoms with Crippen molar-refractivity contribution >= 4 is 28.3 Å². The first-order valence-corrected chi connectivity index (χ1v) is 6.75. The van der Waals surface area contributed by atoms with E-state index in [1.807, 2.05) is 0 Å². The third-order valence-corrected chi connectivity index (χ3v) is 3.66. The highest BCUT2D eigenvalue weighted by atomic mass is 35.5. The number of fused-ring (bicyclic) bond motifs is 1. The quantitative estimate of drug-likeness (QED) is 0.813. The molecule has 0 atom stereocenters. The number of aromatic nitrogens is 2. The Kier molecular flexibility index (Phi) is 3.22. The summed E-state index contributed by atoms with van der Waals surface area (Å²) in [6.07, 6.45) is 2.09. The monoisotopic (exact) mass is 292 g/mol. The van der Waals surface area contributed by atoms with E-state index in [9.17, 15) is 9.59 Å². The third kappa shape index (κ3) is 2.29. The van der Waals surface area contributed by atoms with Crippen LogP contribution in [0.3, 0.4) is 0 Å². The molecule has 0 bridgehead atoms. The summed E-state index contributed by atoms with van der Waals surface area (Å²) < 4.78 is 5.77. The van der Waals surface area contributed by atoms with E-state index in [-0.39, 0.29) is 12.1 Å². The average molecular weight is 293 g/mol. The Hall–Kier alpha value is -1.88. The predicted octanol–water partition coefficient (Wildman–Crippen LogP) is 2.10. The number of hydrogen-bond donors (Lipinski definition) is 0. The van der Waals surface area contributed by atoms with Gasteiger partial charge in [0.05, 0.1) is 18.2 Å². The summed E-state index contributed by atoms with van der Waals surface area (Å²) in [6, 6.07) is 5.12. The van der Waals surface area contributed by atoms with Crippen LogP contribution in [0.1, 0.15) is 24.5 Å². The van der Waals surface area contributed by atoms with Crippen LogP contribution in [-0.2, 0) is 16.1 Å². The van der Waals surface area contributed by atoms with Crippen LogP contribution in [0, 0.1) is 0 Å². The number of halogens is 1. The number of rotatable bonds is 3. The molecule has 1 aromatic carbocycles. The van der Waals surface area contributed by atoms with Crippen LogP contribution in [0.25, 0.3) is 10.8 Å². The fraction of sp³-hybridized carbons (Fsp3) is 0.357. The fourth-order valence-corrected chi connectivity index (χ4v) is 2.41. The molecule has 0 amide bonds. The zero-order chi connectivity index (χ0) is 14.3. The zero-order valence-corrected chi connectivity index (χ0v) is 11.7. The summed E-state index contributed by atoms with van der Waals surface area (Å²) in [7, 11) is 1.29. The standard InChI is InChI=1S/C14H13ClN2O3/c1-20-12(18)7-17-14(19)10-5-4-9(15)6-11(10)13(16-17)8-2-3-8/h4-6,8H,2-3,7H2,1H3. The molecule has 1 aromatic heterocycles. The summed E-state index contributed by atoms with van der Waals surface area (Å²) in [4.78, 5) is 23.7. The number of carbonyl (C=O) groups excluding carboxylic acids is 1. The van der Waals surface area contributed by atoms with Gasteiger partial charge in [-0.15, -0.1) is 0 Å². The molecule has 3 rings (SSSR count). The maximum absolute atomic E-state index is 12.3. The van der Waals surface area contributed by atoms with Gasteiger partial charge in [0.2, 0.25) is 0 Å². The van der Waals surface area contributed by atoms with E-state index in [2.05, 4.69) is 9.84 Å². The van der Waals surface area contributed by atoms with E-state index in [4.69, 9.17) is 11.6 Å². The molecule has 1 heterocycles. The molecule has 1 aliphatic carbocycles. The minimum atomic E-state index is -0.491. The molecule has 2 aromatic rings. The van der Waals surface area contributed by atoms with Gasteiger partial charge in [-0.2, -0.15) is 5.10 Å². The molecule has 0 N–H and O–H groups in total. The van der Waals surface area contributed by atoms with Crippen molar-refractivity contribution in [2.45, 2.75) is 25.3 Å². The van der Waals surface area contributed by atoms with E-state index >= 15 is 0 Å². The highest BCUT2D eigenvalue weighted by Crippen LogP contribution is 2.41. The van der Waals surface area contributed by atoms with E-state index < -0.39 is 5.97 Å². The first kappa shape index (κ1) is 13.1. The SMILES string of the molecule is COC(=O)Cn1nc(C2CC2)c2cc(Cl)ccc2c1=O. The second kappa shape index (κ2) is 4.90. The summed E-state index contributed by atoms with van der Waals surface area (Å²) >= 11 is 6.00. The maximum atomic E-state index is 12.3. The van der Waals surface area contributed by atoms with Gasteiger partial charge in [0.1, 0.15) is 6.54 Å². The van der Waals surface area contributed by atoms with E-state index in [0.29, 0.717) is 16.3 Å². The van der Waals surface area contributed by atoms with Crippen LogP contribution in [0.15, 0.2) is 23.0 Å². The smallest absolute Gasteiger partial charge is 0.327 e. The molecule has 104 valence electrons. The van der Waals surface area contributed by atoms with E-state index in [0.717, 1.165) is 23.9 Å². The fourth-order valence-electron chi connectivity index (χ4n) is 2.24. The molecule has 1 saturated carbocycles. The molecule has 0 radical (unpaired) electrons. The topological polar surface area (TPSA) is 61.2 Å². The van der Waals surface area contributed by atoms with Gasteiger partial charge in [-0.3, -0.25) is 9.59 Å². The van der Waals surface area contributed by atoms with Crippen molar-refractivity contribution < 1.29 is 9.53 Å². The van der Waals surface area contributed by atoms with Crippen molar-refractivity contribution in [3.63, 3.8) is 0 Å². The molecular weight excluding hydrogens is 280 g/mol. The van der Waals surface area contributed by atoms with Crippen LogP contribution in [-0.4, -0.2) is 22.9 Å². The first-order valence-electron chi connectivity index (χ1n) is 6.37. The van der Waals surface area contributed by atoms with Crippen LogP contribution in [0.5, 0.6) is 0 Å². The number of hydrogen-bond acceptors (Lipinski definition) is 4. The van der Waals surface area contributed by atoms with Crippen molar-refractivity contribution in [2.24, 2.45) is 0 Å². The Balaban J connectivity index is 2.22. The Morgan fingerprint density at radius 2 is 2.20 bits per heavy atom. The average Bonchev–Trinajstić information content (AvgIpc) is 3.26. The van der Waals surface area contributed by atoms with Gasteiger partial charge in [-0.25, -0.2) is 4.68 Å². The predicted molar refractivity (Wildman–Crippen MR) is 75.0 cm³/mol. The number of esters is 1. The summed E-state index contributed by atoms with van der Waals surface area (Å²) in [5.74, 6) is -0.143. The lowest BCUT2D eigenvalue weighted by Gasteiger charge is -2.10. The Bertz CT molecular complexity index is 750. The molecule has 20 heavy (non-hydrogen) atoms. The minimum absolute atomic E-state index is 0.173. The molecule has 0 spiro atoms.